The van der Waals surface area contributed by atoms with E-state index in [0.717, 1.165) is 5.56 Å². The number of halogens is 1. The highest BCUT2D eigenvalue weighted by molar-refractivity contribution is 6.34. The monoisotopic (exact) mass is 404 g/mol. The average molecular weight is 405 g/mol. The van der Waals surface area contributed by atoms with Crippen LogP contribution >= 0.6 is 11.6 Å². The van der Waals surface area contributed by atoms with Crippen molar-refractivity contribution in [1.29, 1.82) is 0 Å². The largest absolute Gasteiger partial charge is 0.486 e. The van der Waals surface area contributed by atoms with Gasteiger partial charge in [-0.15, -0.1) is 0 Å². The number of amides is 2. The summed E-state index contributed by atoms with van der Waals surface area (Å²) in [5.41, 5.74) is 1.43. The minimum Gasteiger partial charge on any atom is -0.486 e. The molecule has 0 atom stereocenters. The number of likely N-dealkylation sites (N-methyl/N-ethyl adjacent to an activating group) is 1. The van der Waals surface area contributed by atoms with Gasteiger partial charge in [0.15, 0.2) is 11.5 Å². The van der Waals surface area contributed by atoms with E-state index in [-0.39, 0.29) is 24.9 Å². The fourth-order valence-corrected chi connectivity index (χ4v) is 2.82. The summed E-state index contributed by atoms with van der Waals surface area (Å²) in [6.07, 6.45) is 1.67. The van der Waals surface area contributed by atoms with Crippen molar-refractivity contribution in [2.24, 2.45) is 0 Å². The number of fused-ring (bicyclic) bond motifs is 1. The minimum absolute atomic E-state index is 0.0134. The van der Waals surface area contributed by atoms with Crippen molar-refractivity contribution in [2.75, 3.05) is 44.0 Å². The molecule has 2 N–H and O–H groups in total. The molecule has 28 heavy (non-hydrogen) atoms. The Bertz CT molecular complexity index is 873. The van der Waals surface area contributed by atoms with Crippen LogP contribution in [-0.4, -0.2) is 55.0 Å². The molecule has 0 radical (unpaired) electrons. The van der Waals surface area contributed by atoms with Crippen molar-refractivity contribution in [1.82, 2.24) is 9.88 Å². The summed E-state index contributed by atoms with van der Waals surface area (Å²) in [5, 5.41) is 5.77. The van der Waals surface area contributed by atoms with E-state index in [4.69, 9.17) is 21.1 Å². The van der Waals surface area contributed by atoms with Crippen molar-refractivity contribution in [2.45, 2.75) is 6.92 Å². The van der Waals surface area contributed by atoms with Crippen LogP contribution in [0.15, 0.2) is 30.5 Å². The summed E-state index contributed by atoms with van der Waals surface area (Å²) >= 11 is 6.19. The number of anilines is 2. The molecule has 2 heterocycles. The highest BCUT2D eigenvalue weighted by atomic mass is 35.5. The predicted molar refractivity (Wildman–Crippen MR) is 106 cm³/mol. The van der Waals surface area contributed by atoms with E-state index in [1.807, 2.05) is 13.0 Å². The molecule has 9 heteroatoms. The second-order valence-electron chi connectivity index (χ2n) is 6.47. The van der Waals surface area contributed by atoms with E-state index in [1.165, 1.54) is 0 Å². The number of ether oxygens (including phenoxy) is 2. The van der Waals surface area contributed by atoms with Crippen LogP contribution in [0.3, 0.4) is 0 Å². The van der Waals surface area contributed by atoms with Gasteiger partial charge in [0.2, 0.25) is 11.8 Å². The molecule has 1 aliphatic heterocycles. The zero-order valence-corrected chi connectivity index (χ0v) is 16.4. The molecular formula is C19H21ClN4O4. The lowest BCUT2D eigenvalue weighted by molar-refractivity contribution is -0.119. The first-order chi connectivity index (χ1) is 13.4. The highest BCUT2D eigenvalue weighted by Crippen LogP contribution is 2.37. The fraction of sp³-hybridized carbons (Fsp3) is 0.316. The molecule has 3 rings (SSSR count). The molecule has 2 amide bonds. The Morgan fingerprint density at radius 2 is 1.75 bits per heavy atom. The smallest absolute Gasteiger partial charge is 0.239 e. The van der Waals surface area contributed by atoms with Crippen molar-refractivity contribution in [3.63, 3.8) is 0 Å². The van der Waals surface area contributed by atoms with Crippen LogP contribution in [-0.2, 0) is 9.59 Å². The summed E-state index contributed by atoms with van der Waals surface area (Å²) < 4.78 is 10.9. The number of nitrogens with one attached hydrogen (secondary N) is 2. The second kappa shape index (κ2) is 8.90. The van der Waals surface area contributed by atoms with E-state index < -0.39 is 0 Å². The van der Waals surface area contributed by atoms with Crippen LogP contribution in [0, 0.1) is 6.92 Å². The Kier molecular flexibility index (Phi) is 6.33. The Morgan fingerprint density at radius 3 is 2.39 bits per heavy atom. The van der Waals surface area contributed by atoms with Gasteiger partial charge in [0, 0.05) is 18.3 Å². The molecule has 0 unspecified atom stereocenters. The maximum Gasteiger partial charge on any atom is 0.239 e. The maximum atomic E-state index is 12.3. The van der Waals surface area contributed by atoms with Gasteiger partial charge in [-0.3, -0.25) is 14.5 Å². The van der Waals surface area contributed by atoms with Crippen LogP contribution in [0.5, 0.6) is 11.5 Å². The first-order valence-corrected chi connectivity index (χ1v) is 9.08. The molecular weight excluding hydrogens is 384 g/mol. The lowest BCUT2D eigenvalue weighted by Crippen LogP contribution is -2.36. The van der Waals surface area contributed by atoms with Gasteiger partial charge in [0.05, 0.1) is 23.8 Å². The van der Waals surface area contributed by atoms with Crippen molar-refractivity contribution in [3.05, 3.63) is 41.0 Å². The SMILES string of the molecule is Cc1ccc(NC(=O)CN(C)CC(=O)Nc2cc3c(cc2Cl)OCCO3)nc1. The number of aryl methyl sites for hydroxylation is 1. The molecule has 8 nitrogen and oxygen atoms in total. The number of carbonyl (C=O) groups excluding carboxylic acids is 2. The zero-order chi connectivity index (χ0) is 20.1. The summed E-state index contributed by atoms with van der Waals surface area (Å²) in [4.78, 5) is 30.1. The molecule has 0 saturated carbocycles. The third kappa shape index (κ3) is 5.34. The molecule has 1 aromatic carbocycles. The van der Waals surface area contributed by atoms with Crippen molar-refractivity contribution in [3.8, 4) is 11.5 Å². The quantitative estimate of drug-likeness (QED) is 0.767. The Labute approximate surface area is 167 Å². The van der Waals surface area contributed by atoms with Crippen LogP contribution in [0.4, 0.5) is 11.5 Å². The van der Waals surface area contributed by atoms with Gasteiger partial charge in [0.1, 0.15) is 19.0 Å². The van der Waals surface area contributed by atoms with Gasteiger partial charge in [-0.2, -0.15) is 0 Å². The number of carbonyl (C=O) groups is 2. The van der Waals surface area contributed by atoms with Crippen LogP contribution < -0.4 is 20.1 Å². The summed E-state index contributed by atoms with van der Waals surface area (Å²) in [6, 6.07) is 6.82. The lowest BCUT2D eigenvalue weighted by Gasteiger charge is -2.20. The number of hydrogen-bond acceptors (Lipinski definition) is 6. The number of benzene rings is 1. The van der Waals surface area contributed by atoms with Gasteiger partial charge in [-0.1, -0.05) is 17.7 Å². The van der Waals surface area contributed by atoms with Gasteiger partial charge < -0.3 is 20.1 Å². The molecule has 1 aliphatic rings. The number of rotatable bonds is 6. The molecule has 1 aromatic heterocycles. The molecule has 148 valence electrons. The summed E-state index contributed by atoms with van der Waals surface area (Å²) in [7, 11) is 1.67. The Hall–Kier alpha value is -2.84. The van der Waals surface area contributed by atoms with Crippen LogP contribution in [0.2, 0.25) is 5.02 Å². The zero-order valence-electron chi connectivity index (χ0n) is 15.6. The molecule has 0 fully saturated rings. The molecule has 0 bridgehead atoms. The molecule has 0 spiro atoms. The number of aromatic nitrogens is 1. The van der Waals surface area contributed by atoms with Crippen LogP contribution in [0.25, 0.3) is 0 Å². The van der Waals surface area contributed by atoms with E-state index >= 15 is 0 Å². The Balaban J connectivity index is 1.51. The van der Waals surface area contributed by atoms with E-state index in [2.05, 4.69) is 15.6 Å². The first kappa shape index (κ1) is 19.9. The molecule has 0 aliphatic carbocycles. The first-order valence-electron chi connectivity index (χ1n) is 8.71. The van der Waals surface area contributed by atoms with E-state index in [9.17, 15) is 9.59 Å². The minimum atomic E-state index is -0.303. The van der Waals surface area contributed by atoms with Crippen molar-refractivity contribution >= 4 is 34.9 Å². The normalized spacial score (nSPS) is 12.6. The number of pyridine rings is 1. The molecule has 2 aromatic rings. The summed E-state index contributed by atoms with van der Waals surface area (Å²) in [5.74, 6) is 0.986. The number of nitrogens with zero attached hydrogens (tertiary/aromatic N) is 2. The van der Waals surface area contributed by atoms with Crippen LogP contribution in [0.1, 0.15) is 5.56 Å². The summed E-state index contributed by atoms with van der Waals surface area (Å²) in [6.45, 7) is 2.87. The van der Waals surface area contributed by atoms with Gasteiger partial charge in [0.25, 0.3) is 0 Å². The predicted octanol–water partition coefficient (Wildman–Crippen LogP) is 2.32. The standard InChI is InChI=1S/C19H21ClN4O4/c1-12-3-4-17(21-9-12)23-19(26)11-24(2)10-18(25)22-14-8-16-15(7-13(14)20)27-5-6-28-16/h3-4,7-9H,5-6,10-11H2,1-2H3,(H,22,25)(H,21,23,26). The van der Waals surface area contributed by atoms with E-state index in [1.54, 1.807) is 36.3 Å². The second-order valence-corrected chi connectivity index (χ2v) is 6.87. The van der Waals surface area contributed by atoms with Gasteiger partial charge >= 0.3 is 0 Å². The third-order valence-corrected chi connectivity index (χ3v) is 4.22. The lowest BCUT2D eigenvalue weighted by atomic mass is 10.2. The third-order valence-electron chi connectivity index (χ3n) is 3.91. The topological polar surface area (TPSA) is 92.8 Å². The van der Waals surface area contributed by atoms with Gasteiger partial charge in [-0.05, 0) is 25.6 Å². The van der Waals surface area contributed by atoms with Crippen molar-refractivity contribution < 1.29 is 19.1 Å². The highest BCUT2D eigenvalue weighted by Gasteiger charge is 2.17. The Morgan fingerprint density at radius 1 is 1.11 bits per heavy atom. The average Bonchev–Trinajstić information content (AvgIpc) is 2.64. The number of hydrogen-bond donors (Lipinski definition) is 2. The van der Waals surface area contributed by atoms with Gasteiger partial charge in [-0.25, -0.2) is 4.98 Å². The molecule has 0 saturated heterocycles. The fourth-order valence-electron chi connectivity index (χ4n) is 2.62. The maximum absolute atomic E-state index is 12.3. The van der Waals surface area contributed by atoms with E-state index in [0.29, 0.717) is 41.2 Å².